The van der Waals surface area contributed by atoms with E-state index in [1.165, 1.54) is 5.56 Å². The Bertz CT molecular complexity index is 319. The van der Waals surface area contributed by atoms with E-state index in [4.69, 9.17) is 10.8 Å². The number of nitrogens with two attached hydrogens (primary N) is 1. The minimum atomic E-state index is -0.787. The number of rotatable bonds is 5. The summed E-state index contributed by atoms with van der Waals surface area (Å²) in [7, 11) is 0. The second-order valence-corrected chi connectivity index (χ2v) is 3.69. The summed E-state index contributed by atoms with van der Waals surface area (Å²) in [5, 5.41) is 8.83. The highest BCUT2D eigenvalue weighted by Crippen LogP contribution is 2.16. The first-order valence-electron chi connectivity index (χ1n) is 5.17. The Labute approximate surface area is 89.9 Å². The third kappa shape index (κ3) is 3.36. The van der Waals surface area contributed by atoms with E-state index >= 15 is 0 Å². The zero-order valence-electron chi connectivity index (χ0n) is 8.94. The van der Waals surface area contributed by atoms with Gasteiger partial charge in [0.25, 0.3) is 0 Å². The van der Waals surface area contributed by atoms with Crippen LogP contribution < -0.4 is 5.73 Å². The van der Waals surface area contributed by atoms with Gasteiger partial charge in [-0.25, -0.2) is 0 Å². The lowest BCUT2D eigenvalue weighted by atomic mass is 9.99. The molecule has 1 unspecified atom stereocenters. The van der Waals surface area contributed by atoms with Gasteiger partial charge < -0.3 is 10.8 Å². The van der Waals surface area contributed by atoms with E-state index in [2.05, 4.69) is 0 Å². The summed E-state index contributed by atoms with van der Waals surface area (Å²) in [6, 6.07) is 7.71. The number of aryl methyl sites for hydroxylation is 1. The van der Waals surface area contributed by atoms with E-state index in [1.54, 1.807) is 6.92 Å². The number of benzene rings is 1. The third-order valence-corrected chi connectivity index (χ3v) is 2.52. The minimum Gasteiger partial charge on any atom is -0.481 e. The number of carboxylic acids is 1. The topological polar surface area (TPSA) is 63.3 Å². The molecule has 0 aromatic heterocycles. The van der Waals surface area contributed by atoms with Crippen LogP contribution in [0.4, 0.5) is 0 Å². The van der Waals surface area contributed by atoms with Crippen molar-refractivity contribution >= 4 is 5.97 Å². The zero-order chi connectivity index (χ0) is 11.3. The molecule has 0 radical (unpaired) electrons. The predicted octanol–water partition coefficient (Wildman–Crippen LogP) is 1.77. The highest BCUT2D eigenvalue weighted by molar-refractivity contribution is 5.75. The quantitative estimate of drug-likeness (QED) is 0.773. The molecule has 0 amide bonds. The lowest BCUT2D eigenvalue weighted by molar-refractivity contribution is -0.138. The van der Waals surface area contributed by atoms with Crippen molar-refractivity contribution in [1.29, 1.82) is 0 Å². The van der Waals surface area contributed by atoms with Gasteiger partial charge in [0.15, 0.2) is 0 Å². The molecule has 0 heterocycles. The standard InChI is InChI=1S/C12H17NO2/c1-9(12(14)15)11-6-4-10(5-7-11)3-2-8-13/h4-7,9H,2-3,8,13H2,1H3,(H,14,15). The number of carboxylic acid groups (broad SMARTS) is 1. The summed E-state index contributed by atoms with van der Waals surface area (Å²) in [5.74, 6) is -1.22. The Kier molecular flexibility index (Phi) is 4.31. The Morgan fingerprint density at radius 3 is 2.47 bits per heavy atom. The van der Waals surface area contributed by atoms with Gasteiger partial charge in [0.2, 0.25) is 0 Å². The minimum absolute atomic E-state index is 0.437. The first kappa shape index (κ1) is 11.7. The molecular weight excluding hydrogens is 190 g/mol. The van der Waals surface area contributed by atoms with Crippen molar-refractivity contribution < 1.29 is 9.90 Å². The van der Waals surface area contributed by atoms with E-state index in [0.29, 0.717) is 6.54 Å². The van der Waals surface area contributed by atoms with Gasteiger partial charge in [-0.3, -0.25) is 4.79 Å². The van der Waals surface area contributed by atoms with Gasteiger partial charge in [0.1, 0.15) is 0 Å². The molecule has 1 aromatic rings. The van der Waals surface area contributed by atoms with Crippen LogP contribution in [0.25, 0.3) is 0 Å². The van der Waals surface area contributed by atoms with Gasteiger partial charge in [-0.2, -0.15) is 0 Å². The summed E-state index contributed by atoms with van der Waals surface area (Å²) in [6.45, 7) is 2.38. The van der Waals surface area contributed by atoms with Crippen molar-refractivity contribution in [3.05, 3.63) is 35.4 Å². The molecular formula is C12H17NO2. The summed E-state index contributed by atoms with van der Waals surface area (Å²) in [4.78, 5) is 10.7. The SMILES string of the molecule is CC(C(=O)O)c1ccc(CCCN)cc1. The first-order chi connectivity index (χ1) is 7.15. The molecule has 0 saturated carbocycles. The maximum absolute atomic E-state index is 10.7. The van der Waals surface area contributed by atoms with Gasteiger partial charge in [0.05, 0.1) is 5.92 Å². The molecule has 0 spiro atoms. The molecule has 1 atom stereocenters. The van der Waals surface area contributed by atoms with Gasteiger partial charge in [-0.05, 0) is 37.4 Å². The largest absolute Gasteiger partial charge is 0.481 e. The van der Waals surface area contributed by atoms with Crippen molar-refractivity contribution in [2.75, 3.05) is 6.54 Å². The van der Waals surface area contributed by atoms with Crippen molar-refractivity contribution in [2.24, 2.45) is 5.73 Å². The molecule has 1 rings (SSSR count). The summed E-state index contributed by atoms with van der Waals surface area (Å²) < 4.78 is 0. The second kappa shape index (κ2) is 5.51. The lowest BCUT2D eigenvalue weighted by Crippen LogP contribution is -2.07. The zero-order valence-corrected chi connectivity index (χ0v) is 8.94. The van der Waals surface area contributed by atoms with Crippen molar-refractivity contribution in [3.8, 4) is 0 Å². The number of hydrogen-bond acceptors (Lipinski definition) is 2. The molecule has 0 aliphatic heterocycles. The van der Waals surface area contributed by atoms with Crippen LogP contribution in [-0.2, 0) is 11.2 Å². The molecule has 0 saturated heterocycles. The van der Waals surface area contributed by atoms with E-state index in [0.717, 1.165) is 18.4 Å². The van der Waals surface area contributed by atoms with Crippen LogP contribution in [0.2, 0.25) is 0 Å². The summed E-state index contributed by atoms with van der Waals surface area (Å²) in [5.41, 5.74) is 7.47. The maximum Gasteiger partial charge on any atom is 0.310 e. The van der Waals surface area contributed by atoms with Crippen LogP contribution in [0, 0.1) is 0 Å². The van der Waals surface area contributed by atoms with E-state index in [9.17, 15) is 4.79 Å². The van der Waals surface area contributed by atoms with Gasteiger partial charge in [-0.15, -0.1) is 0 Å². The van der Waals surface area contributed by atoms with Crippen LogP contribution in [-0.4, -0.2) is 17.6 Å². The second-order valence-electron chi connectivity index (χ2n) is 3.69. The Hall–Kier alpha value is -1.35. The smallest absolute Gasteiger partial charge is 0.310 e. The molecule has 0 aliphatic rings. The molecule has 1 aromatic carbocycles. The molecule has 3 nitrogen and oxygen atoms in total. The van der Waals surface area contributed by atoms with E-state index in [1.807, 2.05) is 24.3 Å². The van der Waals surface area contributed by atoms with E-state index in [-0.39, 0.29) is 0 Å². The average Bonchev–Trinajstić information content (AvgIpc) is 2.26. The molecule has 0 fully saturated rings. The number of hydrogen-bond donors (Lipinski definition) is 2. The fourth-order valence-corrected chi connectivity index (χ4v) is 1.42. The molecule has 15 heavy (non-hydrogen) atoms. The molecule has 82 valence electrons. The Morgan fingerprint density at radius 1 is 1.40 bits per heavy atom. The monoisotopic (exact) mass is 207 g/mol. The van der Waals surface area contributed by atoms with Crippen LogP contribution in [0.1, 0.15) is 30.4 Å². The highest BCUT2D eigenvalue weighted by Gasteiger charge is 2.12. The van der Waals surface area contributed by atoms with Crippen LogP contribution in [0.5, 0.6) is 0 Å². The van der Waals surface area contributed by atoms with Gasteiger partial charge >= 0.3 is 5.97 Å². The van der Waals surface area contributed by atoms with Crippen LogP contribution in [0.15, 0.2) is 24.3 Å². The number of aliphatic carboxylic acids is 1. The van der Waals surface area contributed by atoms with Crippen molar-refractivity contribution in [1.82, 2.24) is 0 Å². The van der Waals surface area contributed by atoms with Crippen LogP contribution in [0.3, 0.4) is 0 Å². The number of carbonyl (C=O) groups is 1. The van der Waals surface area contributed by atoms with Crippen molar-refractivity contribution in [2.45, 2.75) is 25.7 Å². The Morgan fingerprint density at radius 2 is 2.00 bits per heavy atom. The van der Waals surface area contributed by atoms with Gasteiger partial charge in [0, 0.05) is 0 Å². The average molecular weight is 207 g/mol. The van der Waals surface area contributed by atoms with Crippen molar-refractivity contribution in [3.63, 3.8) is 0 Å². The van der Waals surface area contributed by atoms with Crippen LogP contribution >= 0.6 is 0 Å². The van der Waals surface area contributed by atoms with E-state index < -0.39 is 11.9 Å². The maximum atomic E-state index is 10.7. The molecule has 0 aliphatic carbocycles. The third-order valence-electron chi connectivity index (χ3n) is 2.52. The first-order valence-corrected chi connectivity index (χ1v) is 5.17. The summed E-state index contributed by atoms with van der Waals surface area (Å²) in [6.07, 6.45) is 1.92. The highest BCUT2D eigenvalue weighted by atomic mass is 16.4. The predicted molar refractivity (Wildman–Crippen MR) is 59.9 cm³/mol. The molecule has 3 N–H and O–H groups in total. The molecule has 3 heteroatoms. The fraction of sp³-hybridized carbons (Fsp3) is 0.417. The Balaban J connectivity index is 2.67. The van der Waals surface area contributed by atoms with Gasteiger partial charge in [-0.1, -0.05) is 24.3 Å². The fourth-order valence-electron chi connectivity index (χ4n) is 1.42. The lowest BCUT2D eigenvalue weighted by Gasteiger charge is -2.07. The summed E-state index contributed by atoms with van der Waals surface area (Å²) >= 11 is 0. The normalized spacial score (nSPS) is 12.4. The molecule has 0 bridgehead atoms.